The molecule has 0 radical (unpaired) electrons. The van der Waals surface area contributed by atoms with Crippen LogP contribution in [0.3, 0.4) is 0 Å². The Hall–Kier alpha value is -2.73. The molecule has 3 heterocycles. The second-order valence-electron chi connectivity index (χ2n) is 10.8. The number of carboxylic acid groups (broad SMARTS) is 1. The highest BCUT2D eigenvalue weighted by Crippen LogP contribution is 2.40. The molecule has 2 saturated heterocycles. The number of thiazole rings is 1. The second-order valence-corrected chi connectivity index (χ2v) is 11.7. The molecule has 12 heteroatoms. The molecule has 4 amide bonds. The molecule has 6 atom stereocenters. The van der Waals surface area contributed by atoms with E-state index in [-0.39, 0.29) is 41.5 Å². The Morgan fingerprint density at radius 1 is 1.32 bits per heavy atom. The third-order valence-corrected chi connectivity index (χ3v) is 9.43. The van der Waals surface area contributed by atoms with Crippen molar-refractivity contribution in [3.05, 3.63) is 16.1 Å². The summed E-state index contributed by atoms with van der Waals surface area (Å²) < 4.78 is 0. The second kappa shape index (κ2) is 12.0. The first kappa shape index (κ1) is 29.8. The third-order valence-electron chi connectivity index (χ3n) is 8.48. The van der Waals surface area contributed by atoms with E-state index >= 15 is 0 Å². The molecule has 1 aromatic heterocycles. The number of hydrogen-bond donors (Lipinski definition) is 3. The highest BCUT2D eigenvalue weighted by molar-refractivity contribution is 7.09. The van der Waals surface area contributed by atoms with Crippen molar-refractivity contribution < 1.29 is 24.3 Å². The standard InChI is InChI=1S/C26H42N6O5S/c1-8-15(3)20(29-24(36)26(5)11-10-12-30(26)6)22(33)31(7)18-13-19(21-28-17(14-38-21)23(34)35)32(16(18)4)25(37)27-9-2/h14-16,18-20H,8-13H2,1-7H3,(H,27,37)(H,29,36)(H,34,35)/t15-,16?,18+,19+,20-,26+/m0/s1. The van der Waals surface area contributed by atoms with E-state index in [0.717, 1.165) is 19.4 Å². The van der Waals surface area contributed by atoms with Crippen molar-refractivity contribution in [3.63, 3.8) is 0 Å². The lowest BCUT2D eigenvalue weighted by molar-refractivity contribution is -0.141. The maximum absolute atomic E-state index is 13.9. The lowest BCUT2D eigenvalue weighted by Crippen LogP contribution is -2.60. The molecular formula is C26H42N6O5S. The molecule has 0 spiro atoms. The maximum Gasteiger partial charge on any atom is 0.355 e. The Morgan fingerprint density at radius 2 is 2.00 bits per heavy atom. The van der Waals surface area contributed by atoms with Gasteiger partial charge in [-0.15, -0.1) is 11.3 Å². The number of rotatable bonds is 9. The minimum absolute atomic E-state index is 0.0636. The molecular weight excluding hydrogens is 508 g/mol. The van der Waals surface area contributed by atoms with Crippen molar-refractivity contribution in [2.24, 2.45) is 5.92 Å². The predicted molar refractivity (Wildman–Crippen MR) is 145 cm³/mol. The number of amides is 4. The first-order valence-electron chi connectivity index (χ1n) is 13.4. The molecule has 212 valence electrons. The van der Waals surface area contributed by atoms with Gasteiger partial charge < -0.3 is 25.5 Å². The first-order chi connectivity index (χ1) is 17.9. The summed E-state index contributed by atoms with van der Waals surface area (Å²) in [4.78, 5) is 61.4. The van der Waals surface area contributed by atoms with E-state index in [1.165, 1.54) is 16.7 Å². The van der Waals surface area contributed by atoms with E-state index in [1.54, 1.807) is 16.8 Å². The first-order valence-corrected chi connectivity index (χ1v) is 14.3. The molecule has 1 unspecified atom stereocenters. The Kier molecular flexibility index (Phi) is 9.40. The van der Waals surface area contributed by atoms with E-state index in [9.17, 15) is 24.3 Å². The van der Waals surface area contributed by atoms with Crippen molar-refractivity contribution in [1.82, 2.24) is 30.3 Å². The van der Waals surface area contributed by atoms with Gasteiger partial charge in [0.15, 0.2) is 5.69 Å². The van der Waals surface area contributed by atoms with E-state index in [1.807, 2.05) is 46.6 Å². The van der Waals surface area contributed by atoms with Crippen LogP contribution in [-0.4, -0.2) is 99.5 Å². The number of nitrogens with zero attached hydrogens (tertiary/aromatic N) is 4. The Labute approximate surface area is 228 Å². The fourth-order valence-electron chi connectivity index (χ4n) is 5.57. The summed E-state index contributed by atoms with van der Waals surface area (Å²) in [6.45, 7) is 10.9. The Bertz CT molecular complexity index is 1050. The van der Waals surface area contributed by atoms with Gasteiger partial charge in [0.1, 0.15) is 11.0 Å². The highest BCUT2D eigenvalue weighted by Gasteiger charge is 2.48. The Balaban J connectivity index is 1.87. The summed E-state index contributed by atoms with van der Waals surface area (Å²) in [5.74, 6) is -1.56. The van der Waals surface area contributed by atoms with Gasteiger partial charge in [-0.05, 0) is 59.5 Å². The molecule has 3 rings (SSSR count). The quantitative estimate of drug-likeness (QED) is 0.430. The van der Waals surface area contributed by atoms with Gasteiger partial charge in [-0.2, -0.15) is 0 Å². The van der Waals surface area contributed by atoms with Gasteiger partial charge in [0.25, 0.3) is 0 Å². The van der Waals surface area contributed by atoms with Crippen LogP contribution in [0.25, 0.3) is 0 Å². The van der Waals surface area contributed by atoms with Crippen LogP contribution in [0.5, 0.6) is 0 Å². The van der Waals surface area contributed by atoms with Crippen LogP contribution in [0, 0.1) is 5.92 Å². The fraction of sp³-hybridized carbons (Fsp3) is 0.731. The number of carbonyl (C=O) groups is 4. The molecule has 2 fully saturated rings. The van der Waals surface area contributed by atoms with Gasteiger partial charge in [0.05, 0.1) is 23.7 Å². The van der Waals surface area contributed by atoms with E-state index in [0.29, 0.717) is 24.4 Å². The van der Waals surface area contributed by atoms with Gasteiger partial charge in [0.2, 0.25) is 11.8 Å². The van der Waals surface area contributed by atoms with Gasteiger partial charge in [-0.25, -0.2) is 14.6 Å². The van der Waals surface area contributed by atoms with Crippen LogP contribution in [-0.2, 0) is 9.59 Å². The minimum Gasteiger partial charge on any atom is -0.476 e. The van der Waals surface area contributed by atoms with Crippen molar-refractivity contribution in [1.29, 1.82) is 0 Å². The predicted octanol–water partition coefficient (Wildman–Crippen LogP) is 2.55. The van der Waals surface area contributed by atoms with Crippen LogP contribution in [0.15, 0.2) is 5.38 Å². The summed E-state index contributed by atoms with van der Waals surface area (Å²) in [6, 6.07) is -2.17. The van der Waals surface area contributed by atoms with E-state index in [2.05, 4.69) is 15.6 Å². The fourth-order valence-corrected chi connectivity index (χ4v) is 6.47. The number of aromatic nitrogens is 1. The molecule has 38 heavy (non-hydrogen) atoms. The molecule has 2 aliphatic rings. The maximum atomic E-state index is 13.9. The van der Waals surface area contributed by atoms with Crippen LogP contribution >= 0.6 is 11.3 Å². The van der Waals surface area contributed by atoms with Crippen molar-refractivity contribution in [3.8, 4) is 0 Å². The number of aromatic carboxylic acids is 1. The van der Waals surface area contributed by atoms with Gasteiger partial charge in [-0.3, -0.25) is 14.5 Å². The zero-order valence-electron chi connectivity index (χ0n) is 23.5. The van der Waals surface area contributed by atoms with Crippen LogP contribution < -0.4 is 10.6 Å². The number of carbonyl (C=O) groups excluding carboxylic acids is 3. The molecule has 11 nitrogen and oxygen atoms in total. The smallest absolute Gasteiger partial charge is 0.355 e. The average Bonchev–Trinajstić information content (AvgIpc) is 3.59. The largest absolute Gasteiger partial charge is 0.476 e. The summed E-state index contributed by atoms with van der Waals surface area (Å²) in [5, 5.41) is 17.2. The Morgan fingerprint density at radius 3 is 2.53 bits per heavy atom. The van der Waals surface area contributed by atoms with Crippen molar-refractivity contribution >= 4 is 35.2 Å². The van der Waals surface area contributed by atoms with Crippen molar-refractivity contribution in [2.45, 2.75) is 90.0 Å². The summed E-state index contributed by atoms with van der Waals surface area (Å²) in [5.41, 5.74) is -0.718. The molecule has 2 aliphatic heterocycles. The normalized spacial score (nSPS) is 27.1. The molecule has 0 aliphatic carbocycles. The number of hydrogen-bond acceptors (Lipinski definition) is 7. The molecule has 3 N–H and O–H groups in total. The number of nitrogens with one attached hydrogen (secondary N) is 2. The van der Waals surface area contributed by atoms with Crippen molar-refractivity contribution in [2.75, 3.05) is 27.2 Å². The lowest BCUT2D eigenvalue weighted by Gasteiger charge is -2.37. The zero-order chi connectivity index (χ0) is 28.4. The average molecular weight is 551 g/mol. The SMILES string of the molecule is CCNC(=O)N1C(C)[C@H](N(C)C(=O)[C@@H](NC(=O)[C@@]2(C)CCCN2C)[C@@H](C)CC)C[C@@H]1c1nc(C(=O)O)cs1. The number of carboxylic acids is 1. The topological polar surface area (TPSA) is 135 Å². The van der Waals surface area contributed by atoms with Gasteiger partial charge in [-0.1, -0.05) is 20.3 Å². The van der Waals surface area contributed by atoms with E-state index in [4.69, 9.17) is 0 Å². The van der Waals surface area contributed by atoms with E-state index < -0.39 is 23.6 Å². The summed E-state index contributed by atoms with van der Waals surface area (Å²) in [7, 11) is 3.65. The number of likely N-dealkylation sites (N-methyl/N-ethyl adjacent to an activating group) is 2. The monoisotopic (exact) mass is 550 g/mol. The summed E-state index contributed by atoms with van der Waals surface area (Å²) >= 11 is 1.20. The van der Waals surface area contributed by atoms with Gasteiger partial charge >= 0.3 is 12.0 Å². The minimum atomic E-state index is -1.12. The molecule has 0 saturated carbocycles. The van der Waals surface area contributed by atoms with Gasteiger partial charge in [0, 0.05) is 19.0 Å². The van der Waals surface area contributed by atoms with Crippen LogP contribution in [0.4, 0.5) is 4.79 Å². The highest BCUT2D eigenvalue weighted by atomic mass is 32.1. The number of urea groups is 1. The zero-order valence-corrected chi connectivity index (χ0v) is 24.3. The lowest BCUT2D eigenvalue weighted by atomic mass is 9.93. The summed E-state index contributed by atoms with van der Waals surface area (Å²) in [6.07, 6.45) is 2.79. The number of likely N-dealkylation sites (tertiary alicyclic amines) is 2. The third kappa shape index (κ3) is 5.66. The molecule has 0 bridgehead atoms. The van der Waals surface area contributed by atoms with Crippen LogP contribution in [0.2, 0.25) is 0 Å². The van der Waals surface area contributed by atoms with Crippen LogP contribution in [0.1, 0.15) is 81.8 Å². The molecule has 1 aromatic rings. The molecule has 0 aromatic carbocycles.